The summed E-state index contributed by atoms with van der Waals surface area (Å²) in [6.45, 7) is 4.43. The lowest BCUT2D eigenvalue weighted by atomic mass is 10.0. The summed E-state index contributed by atoms with van der Waals surface area (Å²) in [5, 5.41) is 0. The summed E-state index contributed by atoms with van der Waals surface area (Å²) in [5.74, 6) is 0.752. The molecule has 0 aromatic heterocycles. The Morgan fingerprint density at radius 2 is 1.96 bits per heavy atom. The van der Waals surface area contributed by atoms with Gasteiger partial charge in [-0.3, -0.25) is 4.79 Å². The van der Waals surface area contributed by atoms with Crippen molar-refractivity contribution in [2.75, 3.05) is 4.90 Å². The smallest absolute Gasteiger partial charge is 0.268 e. The molecule has 0 spiro atoms. The molecule has 2 unspecified atom stereocenters. The predicted molar refractivity (Wildman–Crippen MR) is 91.4 cm³/mol. The van der Waals surface area contributed by atoms with E-state index >= 15 is 0 Å². The van der Waals surface area contributed by atoms with E-state index in [2.05, 4.69) is 0 Å². The highest BCUT2D eigenvalue weighted by molar-refractivity contribution is 6.00. The van der Waals surface area contributed by atoms with Crippen LogP contribution in [0.2, 0.25) is 0 Å². The lowest BCUT2D eigenvalue weighted by Gasteiger charge is -2.34. The number of hydrogen-bond donors (Lipinski definition) is 1. The number of hydrogen-bond acceptors (Lipinski definition) is 3. The average Bonchev–Trinajstić information content (AvgIpc) is 2.57. The van der Waals surface area contributed by atoms with Crippen LogP contribution in [0.3, 0.4) is 0 Å². The highest BCUT2D eigenvalue weighted by atomic mass is 16.5. The maximum atomic E-state index is 12.8. The quantitative estimate of drug-likeness (QED) is 0.941. The summed E-state index contributed by atoms with van der Waals surface area (Å²) in [5.41, 5.74) is 8.88. The van der Waals surface area contributed by atoms with Crippen LogP contribution < -0.4 is 15.4 Å². The lowest BCUT2D eigenvalue weighted by molar-refractivity contribution is -0.126. The fourth-order valence-electron chi connectivity index (χ4n) is 2.81. The summed E-state index contributed by atoms with van der Waals surface area (Å²) in [6, 6.07) is 15.8. The third-order valence-electron chi connectivity index (χ3n) is 4.16. The van der Waals surface area contributed by atoms with E-state index in [0.29, 0.717) is 13.0 Å². The van der Waals surface area contributed by atoms with Crippen molar-refractivity contribution in [1.82, 2.24) is 0 Å². The largest absolute Gasteiger partial charge is 0.478 e. The van der Waals surface area contributed by atoms with Crippen LogP contribution >= 0.6 is 0 Å². The van der Waals surface area contributed by atoms with Crippen molar-refractivity contribution in [2.45, 2.75) is 39.0 Å². The van der Waals surface area contributed by atoms with Crippen LogP contribution in [0.25, 0.3) is 0 Å². The van der Waals surface area contributed by atoms with Gasteiger partial charge in [-0.1, -0.05) is 43.3 Å². The van der Waals surface area contributed by atoms with E-state index in [1.54, 1.807) is 0 Å². The number of benzene rings is 2. The maximum Gasteiger partial charge on any atom is 0.268 e. The topological polar surface area (TPSA) is 55.6 Å². The van der Waals surface area contributed by atoms with Crippen LogP contribution in [0.1, 0.15) is 37.4 Å². The summed E-state index contributed by atoms with van der Waals surface area (Å²) in [6.07, 6.45) is 0.228. The van der Waals surface area contributed by atoms with Crippen molar-refractivity contribution in [3.63, 3.8) is 0 Å². The van der Waals surface area contributed by atoms with Crippen LogP contribution in [0, 0.1) is 0 Å². The molecule has 0 fully saturated rings. The first-order chi connectivity index (χ1) is 11.1. The van der Waals surface area contributed by atoms with Gasteiger partial charge in [0.2, 0.25) is 0 Å². The molecule has 120 valence electrons. The standard InChI is InChI=1S/C19H22N2O2/c1-3-17-19(22)21(12-14-7-5-4-6-8-14)16-11-15(13(2)20)9-10-18(16)23-17/h4-11,13,17H,3,12,20H2,1-2H3. The van der Waals surface area contributed by atoms with E-state index in [9.17, 15) is 4.79 Å². The van der Waals surface area contributed by atoms with E-state index in [-0.39, 0.29) is 11.9 Å². The highest BCUT2D eigenvalue weighted by Crippen LogP contribution is 2.37. The van der Waals surface area contributed by atoms with Gasteiger partial charge < -0.3 is 15.4 Å². The van der Waals surface area contributed by atoms with Crippen LogP contribution in [-0.2, 0) is 11.3 Å². The van der Waals surface area contributed by atoms with Gasteiger partial charge >= 0.3 is 0 Å². The molecule has 23 heavy (non-hydrogen) atoms. The van der Waals surface area contributed by atoms with Gasteiger partial charge in [-0.25, -0.2) is 0 Å². The van der Waals surface area contributed by atoms with E-state index < -0.39 is 6.10 Å². The molecule has 0 radical (unpaired) electrons. The fraction of sp³-hybridized carbons (Fsp3) is 0.316. The molecule has 0 saturated heterocycles. The minimum Gasteiger partial charge on any atom is -0.478 e. The number of carbonyl (C=O) groups is 1. The molecule has 4 heteroatoms. The third-order valence-corrected chi connectivity index (χ3v) is 4.16. The van der Waals surface area contributed by atoms with Gasteiger partial charge in [0.15, 0.2) is 6.10 Å². The summed E-state index contributed by atoms with van der Waals surface area (Å²) >= 11 is 0. The van der Waals surface area contributed by atoms with Crippen LogP contribution in [0.4, 0.5) is 5.69 Å². The van der Waals surface area contributed by atoms with E-state index in [0.717, 1.165) is 22.6 Å². The van der Waals surface area contributed by atoms with Gasteiger partial charge in [-0.05, 0) is 36.6 Å². The van der Waals surface area contributed by atoms with Crippen molar-refractivity contribution in [3.05, 3.63) is 59.7 Å². The molecule has 2 aromatic rings. The van der Waals surface area contributed by atoms with Gasteiger partial charge in [0.05, 0.1) is 12.2 Å². The second-order valence-electron chi connectivity index (χ2n) is 5.94. The van der Waals surface area contributed by atoms with Crippen molar-refractivity contribution in [3.8, 4) is 5.75 Å². The Morgan fingerprint density at radius 1 is 1.22 bits per heavy atom. The summed E-state index contributed by atoms with van der Waals surface area (Å²) < 4.78 is 5.86. The van der Waals surface area contributed by atoms with Crippen molar-refractivity contribution < 1.29 is 9.53 Å². The van der Waals surface area contributed by atoms with Crippen LogP contribution in [-0.4, -0.2) is 12.0 Å². The van der Waals surface area contributed by atoms with E-state index in [1.807, 2.05) is 67.3 Å². The zero-order valence-corrected chi connectivity index (χ0v) is 13.5. The summed E-state index contributed by atoms with van der Waals surface area (Å²) in [7, 11) is 0. The molecule has 1 amide bonds. The molecule has 0 saturated carbocycles. The molecular formula is C19H22N2O2. The fourth-order valence-corrected chi connectivity index (χ4v) is 2.81. The normalized spacial score (nSPS) is 18.3. The molecule has 1 heterocycles. The number of ether oxygens (including phenoxy) is 1. The second kappa shape index (κ2) is 6.42. The van der Waals surface area contributed by atoms with Crippen molar-refractivity contribution >= 4 is 11.6 Å². The van der Waals surface area contributed by atoms with Crippen LogP contribution in [0.15, 0.2) is 48.5 Å². The molecule has 1 aliphatic rings. The number of fused-ring (bicyclic) bond motifs is 1. The van der Waals surface area contributed by atoms with Gasteiger partial charge in [-0.15, -0.1) is 0 Å². The molecule has 0 bridgehead atoms. The molecular weight excluding hydrogens is 288 g/mol. The average molecular weight is 310 g/mol. The predicted octanol–water partition coefficient (Wildman–Crippen LogP) is 3.41. The third kappa shape index (κ3) is 3.08. The maximum absolute atomic E-state index is 12.8. The zero-order chi connectivity index (χ0) is 16.4. The minimum atomic E-state index is -0.424. The monoisotopic (exact) mass is 310 g/mol. The number of nitrogens with zero attached hydrogens (tertiary/aromatic N) is 1. The second-order valence-corrected chi connectivity index (χ2v) is 5.94. The molecule has 4 nitrogen and oxygen atoms in total. The van der Waals surface area contributed by atoms with E-state index in [1.165, 1.54) is 0 Å². The SMILES string of the molecule is CCC1Oc2ccc(C(C)N)cc2N(Cc2ccccc2)C1=O. The number of anilines is 1. The first-order valence-corrected chi connectivity index (χ1v) is 8.01. The van der Waals surface area contributed by atoms with Gasteiger partial charge in [-0.2, -0.15) is 0 Å². The van der Waals surface area contributed by atoms with Gasteiger partial charge in [0.1, 0.15) is 5.75 Å². The van der Waals surface area contributed by atoms with E-state index in [4.69, 9.17) is 10.5 Å². The van der Waals surface area contributed by atoms with Crippen molar-refractivity contribution in [2.24, 2.45) is 5.73 Å². The number of carbonyl (C=O) groups excluding carboxylic acids is 1. The van der Waals surface area contributed by atoms with Crippen molar-refractivity contribution in [1.29, 1.82) is 0 Å². The number of nitrogens with two attached hydrogens (primary N) is 1. The Labute approximate surface area is 136 Å². The van der Waals surface area contributed by atoms with Gasteiger partial charge in [0.25, 0.3) is 5.91 Å². The molecule has 2 aromatic carbocycles. The molecule has 2 atom stereocenters. The Kier molecular flexibility index (Phi) is 4.35. The van der Waals surface area contributed by atoms with Crippen LogP contribution in [0.5, 0.6) is 5.75 Å². The zero-order valence-electron chi connectivity index (χ0n) is 13.5. The Morgan fingerprint density at radius 3 is 2.61 bits per heavy atom. The molecule has 0 aliphatic carbocycles. The Hall–Kier alpha value is -2.33. The summed E-state index contributed by atoms with van der Waals surface area (Å²) in [4.78, 5) is 14.6. The number of amides is 1. The minimum absolute atomic E-state index is 0.00526. The first kappa shape index (κ1) is 15.6. The lowest BCUT2D eigenvalue weighted by Crippen LogP contribution is -2.45. The molecule has 1 aliphatic heterocycles. The first-order valence-electron chi connectivity index (χ1n) is 8.01. The Balaban J connectivity index is 2.02. The highest BCUT2D eigenvalue weighted by Gasteiger charge is 2.33. The molecule has 3 rings (SSSR count). The molecule has 2 N–H and O–H groups in total. The van der Waals surface area contributed by atoms with Gasteiger partial charge in [0, 0.05) is 6.04 Å². The Bertz CT molecular complexity index is 698. The number of rotatable bonds is 4.